The summed E-state index contributed by atoms with van der Waals surface area (Å²) in [6, 6.07) is 0. The van der Waals surface area contributed by atoms with Crippen molar-refractivity contribution in [3.8, 4) is 0 Å². The summed E-state index contributed by atoms with van der Waals surface area (Å²) >= 11 is 0. The maximum atomic E-state index is 10.9. The van der Waals surface area contributed by atoms with Crippen LogP contribution in [0.15, 0.2) is 18.7 Å². The van der Waals surface area contributed by atoms with Crippen LogP contribution in [0.1, 0.15) is 24.3 Å². The molecule has 0 atom stereocenters. The molecule has 1 aliphatic heterocycles. The standard InChI is InChI=1S/C12H14N4O2/c17-12(18)16-3-1-8(2-4-16)9-5-14-10-6-13-7-15-11(9)10/h5-8,14H,1-4H2,(H,17,18). The van der Waals surface area contributed by atoms with Crippen molar-refractivity contribution >= 4 is 17.1 Å². The van der Waals surface area contributed by atoms with Crippen molar-refractivity contribution < 1.29 is 9.90 Å². The van der Waals surface area contributed by atoms with E-state index in [1.807, 2.05) is 6.20 Å². The number of nitrogens with one attached hydrogen (secondary N) is 1. The van der Waals surface area contributed by atoms with E-state index in [9.17, 15) is 4.79 Å². The molecular weight excluding hydrogens is 232 g/mol. The highest BCUT2D eigenvalue weighted by Gasteiger charge is 2.25. The van der Waals surface area contributed by atoms with Crippen LogP contribution in [0.5, 0.6) is 0 Å². The van der Waals surface area contributed by atoms with E-state index in [4.69, 9.17) is 5.11 Å². The van der Waals surface area contributed by atoms with E-state index in [0.717, 1.165) is 23.9 Å². The summed E-state index contributed by atoms with van der Waals surface area (Å²) in [6.07, 6.45) is 6.16. The number of hydrogen-bond acceptors (Lipinski definition) is 3. The van der Waals surface area contributed by atoms with Gasteiger partial charge in [0, 0.05) is 19.3 Å². The van der Waals surface area contributed by atoms with Gasteiger partial charge in [0.05, 0.1) is 17.2 Å². The van der Waals surface area contributed by atoms with Gasteiger partial charge in [-0.15, -0.1) is 0 Å². The second-order valence-electron chi connectivity index (χ2n) is 4.57. The molecule has 1 amide bonds. The Balaban J connectivity index is 1.82. The number of piperidine rings is 1. The summed E-state index contributed by atoms with van der Waals surface area (Å²) in [5.41, 5.74) is 3.07. The second-order valence-corrected chi connectivity index (χ2v) is 4.57. The van der Waals surface area contributed by atoms with Crippen molar-refractivity contribution in [2.45, 2.75) is 18.8 Å². The van der Waals surface area contributed by atoms with E-state index in [2.05, 4.69) is 15.0 Å². The van der Waals surface area contributed by atoms with E-state index in [-0.39, 0.29) is 0 Å². The predicted octanol–water partition coefficient (Wildman–Crippen LogP) is 1.82. The van der Waals surface area contributed by atoms with Crippen LogP contribution in [0, 0.1) is 0 Å². The molecule has 2 aromatic rings. The highest BCUT2D eigenvalue weighted by atomic mass is 16.4. The minimum atomic E-state index is -0.824. The Bertz CT molecular complexity index is 572. The van der Waals surface area contributed by atoms with E-state index < -0.39 is 6.09 Å². The molecule has 18 heavy (non-hydrogen) atoms. The highest BCUT2D eigenvalue weighted by molar-refractivity contribution is 5.78. The predicted molar refractivity (Wildman–Crippen MR) is 65.5 cm³/mol. The lowest BCUT2D eigenvalue weighted by molar-refractivity contribution is 0.132. The van der Waals surface area contributed by atoms with Crippen molar-refractivity contribution in [3.05, 3.63) is 24.3 Å². The van der Waals surface area contributed by atoms with Gasteiger partial charge in [-0.05, 0) is 24.3 Å². The number of aromatic nitrogens is 3. The molecule has 3 heterocycles. The molecular formula is C12H14N4O2. The van der Waals surface area contributed by atoms with Crippen LogP contribution in [-0.4, -0.2) is 44.1 Å². The number of carboxylic acid groups (broad SMARTS) is 1. The first kappa shape index (κ1) is 11.0. The van der Waals surface area contributed by atoms with Crippen LogP contribution in [0.3, 0.4) is 0 Å². The monoisotopic (exact) mass is 246 g/mol. The number of nitrogens with zero attached hydrogens (tertiary/aromatic N) is 3. The number of carbonyl (C=O) groups is 1. The number of rotatable bonds is 1. The first-order chi connectivity index (χ1) is 8.75. The van der Waals surface area contributed by atoms with Gasteiger partial charge in [0.1, 0.15) is 6.33 Å². The summed E-state index contributed by atoms with van der Waals surface area (Å²) in [5.74, 6) is 0.379. The van der Waals surface area contributed by atoms with E-state index >= 15 is 0 Å². The lowest BCUT2D eigenvalue weighted by atomic mass is 9.91. The zero-order valence-corrected chi connectivity index (χ0v) is 9.83. The van der Waals surface area contributed by atoms with Gasteiger partial charge in [-0.2, -0.15) is 0 Å². The van der Waals surface area contributed by atoms with Crippen LogP contribution in [0.2, 0.25) is 0 Å². The molecule has 6 heteroatoms. The van der Waals surface area contributed by atoms with Gasteiger partial charge < -0.3 is 15.0 Å². The third-order valence-corrected chi connectivity index (χ3v) is 3.57. The number of fused-ring (bicyclic) bond motifs is 1. The number of aromatic amines is 1. The molecule has 0 aromatic carbocycles. The van der Waals surface area contributed by atoms with Gasteiger partial charge in [-0.3, -0.25) is 0 Å². The minimum Gasteiger partial charge on any atom is -0.465 e. The number of likely N-dealkylation sites (tertiary alicyclic amines) is 1. The van der Waals surface area contributed by atoms with E-state index in [1.54, 1.807) is 12.5 Å². The molecule has 0 spiro atoms. The van der Waals surface area contributed by atoms with Crippen molar-refractivity contribution in [2.75, 3.05) is 13.1 Å². The molecule has 3 rings (SSSR count). The van der Waals surface area contributed by atoms with Crippen LogP contribution in [0.4, 0.5) is 4.79 Å². The average Bonchev–Trinajstić information content (AvgIpc) is 2.82. The Kier molecular flexibility index (Phi) is 2.62. The van der Waals surface area contributed by atoms with Gasteiger partial charge in [-0.1, -0.05) is 0 Å². The Hall–Kier alpha value is -2.11. The van der Waals surface area contributed by atoms with Gasteiger partial charge in [0.25, 0.3) is 0 Å². The molecule has 0 saturated carbocycles. The SMILES string of the molecule is O=C(O)N1CCC(c2c[nH]c3cncnc23)CC1. The van der Waals surface area contributed by atoms with Crippen molar-refractivity contribution in [1.29, 1.82) is 0 Å². The molecule has 0 radical (unpaired) electrons. The summed E-state index contributed by atoms with van der Waals surface area (Å²) in [6.45, 7) is 1.19. The second kappa shape index (κ2) is 4.29. The topological polar surface area (TPSA) is 82.1 Å². The average molecular weight is 246 g/mol. The minimum absolute atomic E-state index is 0.379. The van der Waals surface area contributed by atoms with Crippen molar-refractivity contribution in [2.24, 2.45) is 0 Å². The lowest BCUT2D eigenvalue weighted by Gasteiger charge is -2.29. The van der Waals surface area contributed by atoms with Crippen molar-refractivity contribution in [1.82, 2.24) is 19.9 Å². The van der Waals surface area contributed by atoms with Gasteiger partial charge >= 0.3 is 6.09 Å². The van der Waals surface area contributed by atoms with Crippen LogP contribution >= 0.6 is 0 Å². The number of amides is 1. The largest absolute Gasteiger partial charge is 0.465 e. The number of H-pyrrole nitrogens is 1. The van der Waals surface area contributed by atoms with E-state index in [1.165, 1.54) is 10.5 Å². The fourth-order valence-corrected chi connectivity index (χ4v) is 2.58. The van der Waals surface area contributed by atoms with Gasteiger partial charge in [0.15, 0.2) is 0 Å². The Morgan fingerprint density at radius 2 is 2.22 bits per heavy atom. The molecule has 1 fully saturated rings. The normalized spacial score (nSPS) is 17.2. The van der Waals surface area contributed by atoms with Gasteiger partial charge in [0.2, 0.25) is 0 Å². The maximum absolute atomic E-state index is 10.9. The Morgan fingerprint density at radius 3 is 2.94 bits per heavy atom. The van der Waals surface area contributed by atoms with Crippen molar-refractivity contribution in [3.63, 3.8) is 0 Å². The molecule has 1 aliphatic rings. The summed E-state index contributed by atoms with van der Waals surface area (Å²) in [7, 11) is 0. The Labute approximate surface area is 104 Å². The fraction of sp³-hybridized carbons (Fsp3) is 0.417. The maximum Gasteiger partial charge on any atom is 0.407 e. The molecule has 6 nitrogen and oxygen atoms in total. The smallest absolute Gasteiger partial charge is 0.407 e. The summed E-state index contributed by atoms with van der Waals surface area (Å²) in [4.78, 5) is 23.8. The molecule has 0 bridgehead atoms. The zero-order valence-electron chi connectivity index (χ0n) is 9.83. The molecule has 94 valence electrons. The first-order valence-electron chi connectivity index (χ1n) is 6.00. The molecule has 0 unspecified atom stereocenters. The molecule has 2 aromatic heterocycles. The first-order valence-corrected chi connectivity index (χ1v) is 6.00. The third-order valence-electron chi connectivity index (χ3n) is 3.57. The van der Waals surface area contributed by atoms with E-state index in [0.29, 0.717) is 19.0 Å². The van der Waals surface area contributed by atoms with Crippen LogP contribution in [-0.2, 0) is 0 Å². The summed E-state index contributed by atoms with van der Waals surface area (Å²) < 4.78 is 0. The van der Waals surface area contributed by atoms with Crippen LogP contribution < -0.4 is 0 Å². The zero-order chi connectivity index (χ0) is 12.5. The van der Waals surface area contributed by atoms with Crippen LogP contribution in [0.25, 0.3) is 11.0 Å². The Morgan fingerprint density at radius 1 is 1.44 bits per heavy atom. The molecule has 1 saturated heterocycles. The lowest BCUT2D eigenvalue weighted by Crippen LogP contribution is -2.36. The summed E-state index contributed by atoms with van der Waals surface area (Å²) in [5, 5.41) is 8.93. The fourth-order valence-electron chi connectivity index (χ4n) is 2.58. The molecule has 0 aliphatic carbocycles. The quantitative estimate of drug-likeness (QED) is 0.804. The highest BCUT2D eigenvalue weighted by Crippen LogP contribution is 2.31. The third kappa shape index (κ3) is 1.79. The van der Waals surface area contributed by atoms with Gasteiger partial charge in [-0.25, -0.2) is 14.8 Å². The molecule has 2 N–H and O–H groups in total. The number of hydrogen-bond donors (Lipinski definition) is 2.